The quantitative estimate of drug-likeness (QED) is 0.173. The Morgan fingerprint density at radius 2 is 1.89 bits per heavy atom. The molecule has 1 aliphatic rings. The van der Waals surface area contributed by atoms with Crippen molar-refractivity contribution in [1.29, 1.82) is 0 Å². The molecule has 0 atom stereocenters. The van der Waals surface area contributed by atoms with Gasteiger partial charge in [-0.15, -0.1) is 11.3 Å². The Kier molecular flexibility index (Phi) is 7.90. The van der Waals surface area contributed by atoms with E-state index < -0.39 is 27.9 Å². The zero-order chi connectivity index (χ0) is 26.0. The molecule has 0 bridgehead atoms. The van der Waals surface area contributed by atoms with Gasteiger partial charge in [0.1, 0.15) is 4.21 Å². The van der Waals surface area contributed by atoms with Gasteiger partial charge < -0.3 is 5.32 Å². The van der Waals surface area contributed by atoms with Gasteiger partial charge in [0.2, 0.25) is 5.91 Å². The van der Waals surface area contributed by atoms with E-state index in [1.807, 2.05) is 4.72 Å². The largest absolute Gasteiger partial charge is 0.333 e. The third-order valence-corrected chi connectivity index (χ3v) is 8.80. The molecule has 188 valence electrons. The van der Waals surface area contributed by atoms with E-state index >= 15 is 0 Å². The standard InChI is InChI=1S/C21H15Cl2N3O7S3/c1-32-33-35-13-4-2-11-8-18(27)26(20(28)14(11)10-13)16-5-3-12(9-15(16)22)24-21(29)25-36(30,31)19-7-6-17(23)34-19/h2-7,9-10H,8H2,1H3,(H2,24,25,29). The van der Waals surface area contributed by atoms with Crippen molar-refractivity contribution in [1.82, 2.24) is 4.72 Å². The number of thiophene rings is 1. The Morgan fingerprint density at radius 3 is 2.56 bits per heavy atom. The molecule has 0 fully saturated rings. The zero-order valence-corrected chi connectivity index (χ0v) is 22.1. The third-order valence-electron chi connectivity index (χ3n) is 4.79. The maximum absolute atomic E-state index is 13.2. The molecule has 1 aromatic heterocycles. The number of halogens is 2. The molecule has 10 nitrogen and oxygen atoms in total. The van der Waals surface area contributed by atoms with Crippen LogP contribution in [0.3, 0.4) is 0 Å². The number of carbonyl (C=O) groups is 3. The van der Waals surface area contributed by atoms with Crippen molar-refractivity contribution in [2.45, 2.75) is 15.5 Å². The number of hydrogen-bond donors (Lipinski definition) is 2. The predicted octanol–water partition coefficient (Wildman–Crippen LogP) is 4.88. The summed E-state index contributed by atoms with van der Waals surface area (Å²) < 4.78 is 31.4. The summed E-state index contributed by atoms with van der Waals surface area (Å²) in [4.78, 5) is 44.3. The summed E-state index contributed by atoms with van der Waals surface area (Å²) in [6.07, 6.45) is -0.0273. The number of amides is 4. The lowest BCUT2D eigenvalue weighted by atomic mass is 9.98. The summed E-state index contributed by atoms with van der Waals surface area (Å²) in [5.74, 6) is -1.07. The highest BCUT2D eigenvalue weighted by Crippen LogP contribution is 2.34. The molecule has 0 spiro atoms. The smallest absolute Gasteiger partial charge is 0.307 e. The molecule has 4 amide bonds. The van der Waals surface area contributed by atoms with E-state index in [4.69, 9.17) is 27.5 Å². The van der Waals surface area contributed by atoms with Gasteiger partial charge in [-0.3, -0.25) is 9.59 Å². The van der Waals surface area contributed by atoms with Gasteiger partial charge in [-0.1, -0.05) is 29.3 Å². The fourth-order valence-corrected chi connectivity index (χ4v) is 6.38. The first-order valence-electron chi connectivity index (χ1n) is 9.85. The number of nitrogens with zero attached hydrogens (tertiary/aromatic N) is 1. The van der Waals surface area contributed by atoms with Gasteiger partial charge in [0, 0.05) is 16.1 Å². The Labute approximate surface area is 223 Å². The molecular formula is C21H15Cl2N3O7S3. The van der Waals surface area contributed by atoms with Gasteiger partial charge in [0.05, 0.1) is 40.6 Å². The van der Waals surface area contributed by atoms with Crippen molar-refractivity contribution in [3.05, 3.63) is 69.0 Å². The Balaban J connectivity index is 1.52. The number of benzene rings is 2. The first kappa shape index (κ1) is 26.4. The van der Waals surface area contributed by atoms with Crippen LogP contribution in [-0.2, 0) is 30.5 Å². The van der Waals surface area contributed by atoms with Crippen LogP contribution in [0.1, 0.15) is 15.9 Å². The van der Waals surface area contributed by atoms with Crippen LogP contribution in [0.4, 0.5) is 16.2 Å². The molecule has 0 saturated carbocycles. The number of sulfonamides is 1. The number of nitrogens with one attached hydrogen (secondary N) is 2. The molecule has 2 N–H and O–H groups in total. The second-order valence-electron chi connectivity index (χ2n) is 7.13. The van der Waals surface area contributed by atoms with Gasteiger partial charge in [0.15, 0.2) is 0 Å². The van der Waals surface area contributed by atoms with Crippen LogP contribution in [-0.4, -0.2) is 33.4 Å². The fourth-order valence-electron chi connectivity index (χ4n) is 3.29. The van der Waals surface area contributed by atoms with E-state index in [1.54, 1.807) is 18.2 Å². The number of rotatable bonds is 7. The molecule has 2 heterocycles. The topological polar surface area (TPSA) is 131 Å². The van der Waals surface area contributed by atoms with Crippen molar-refractivity contribution in [3.8, 4) is 0 Å². The molecule has 36 heavy (non-hydrogen) atoms. The minimum Gasteiger partial charge on any atom is -0.307 e. The highest BCUT2D eigenvalue weighted by atomic mass is 35.5. The first-order chi connectivity index (χ1) is 17.1. The number of urea groups is 1. The van der Waals surface area contributed by atoms with Crippen LogP contribution >= 0.6 is 46.6 Å². The lowest BCUT2D eigenvalue weighted by Crippen LogP contribution is -2.42. The van der Waals surface area contributed by atoms with Gasteiger partial charge in [-0.2, -0.15) is 4.33 Å². The summed E-state index contributed by atoms with van der Waals surface area (Å²) in [5, 5.41) is 2.34. The van der Waals surface area contributed by atoms with Crippen LogP contribution in [0.5, 0.6) is 0 Å². The molecular weight excluding hydrogens is 573 g/mol. The number of hydrogen-bond acceptors (Lipinski definition) is 9. The minimum absolute atomic E-state index is 0.0147. The van der Waals surface area contributed by atoms with Crippen LogP contribution in [0.15, 0.2) is 57.6 Å². The Bertz CT molecular complexity index is 1480. The van der Waals surface area contributed by atoms with Crippen LogP contribution in [0, 0.1) is 0 Å². The van der Waals surface area contributed by atoms with Crippen molar-refractivity contribution in [2.24, 2.45) is 0 Å². The summed E-state index contributed by atoms with van der Waals surface area (Å²) in [6, 6.07) is 10.6. The molecule has 0 unspecified atom stereocenters. The summed E-state index contributed by atoms with van der Waals surface area (Å²) in [6.45, 7) is 0. The number of fused-ring (bicyclic) bond motifs is 1. The minimum atomic E-state index is -4.12. The zero-order valence-electron chi connectivity index (χ0n) is 18.1. The van der Waals surface area contributed by atoms with E-state index in [0.29, 0.717) is 16.0 Å². The van der Waals surface area contributed by atoms with E-state index in [-0.39, 0.29) is 31.4 Å². The molecule has 2 aromatic carbocycles. The summed E-state index contributed by atoms with van der Waals surface area (Å²) in [7, 11) is -2.78. The second-order valence-corrected chi connectivity index (χ2v) is 11.9. The summed E-state index contributed by atoms with van der Waals surface area (Å²) in [5.41, 5.74) is 1.10. The van der Waals surface area contributed by atoms with Gasteiger partial charge >= 0.3 is 6.03 Å². The fraction of sp³-hybridized carbons (Fsp3) is 0.0952. The molecule has 0 radical (unpaired) electrons. The van der Waals surface area contributed by atoms with E-state index in [0.717, 1.165) is 28.3 Å². The van der Waals surface area contributed by atoms with E-state index in [9.17, 15) is 22.8 Å². The summed E-state index contributed by atoms with van der Waals surface area (Å²) >= 11 is 13.8. The SMILES string of the molecule is COOSc1ccc2c(c1)C(=O)N(c1ccc(NC(=O)NS(=O)(=O)c3ccc(Cl)s3)cc1Cl)C(=O)C2. The van der Waals surface area contributed by atoms with E-state index in [2.05, 4.69) is 10.2 Å². The van der Waals surface area contributed by atoms with Crippen LogP contribution in [0.25, 0.3) is 0 Å². The number of imide groups is 1. The highest BCUT2D eigenvalue weighted by molar-refractivity contribution is 7.94. The molecule has 0 saturated heterocycles. The Morgan fingerprint density at radius 1 is 1.11 bits per heavy atom. The number of anilines is 2. The lowest BCUT2D eigenvalue weighted by molar-refractivity contribution is -0.160. The van der Waals surface area contributed by atoms with Crippen molar-refractivity contribution in [2.75, 3.05) is 17.3 Å². The maximum Gasteiger partial charge on any atom is 0.333 e. The van der Waals surface area contributed by atoms with Crippen LogP contribution < -0.4 is 14.9 Å². The lowest BCUT2D eigenvalue weighted by Gasteiger charge is -2.28. The Hall–Kier alpha value is -2.65. The highest BCUT2D eigenvalue weighted by Gasteiger charge is 2.33. The van der Waals surface area contributed by atoms with Crippen molar-refractivity contribution in [3.63, 3.8) is 0 Å². The maximum atomic E-state index is 13.2. The van der Waals surface area contributed by atoms with Gasteiger partial charge in [0.25, 0.3) is 15.9 Å². The van der Waals surface area contributed by atoms with E-state index in [1.165, 1.54) is 37.4 Å². The molecule has 0 aliphatic carbocycles. The third kappa shape index (κ3) is 5.67. The average molecular weight is 588 g/mol. The molecule has 4 rings (SSSR count). The van der Waals surface area contributed by atoms with Crippen molar-refractivity contribution < 1.29 is 32.0 Å². The number of carbonyl (C=O) groups excluding carboxylic acids is 3. The predicted molar refractivity (Wildman–Crippen MR) is 136 cm³/mol. The van der Waals surface area contributed by atoms with Gasteiger partial charge in [-0.25, -0.2) is 27.7 Å². The second kappa shape index (κ2) is 10.8. The van der Waals surface area contributed by atoms with Crippen LogP contribution in [0.2, 0.25) is 9.36 Å². The first-order valence-corrected chi connectivity index (χ1v) is 13.6. The molecule has 15 heteroatoms. The average Bonchev–Trinajstić information content (AvgIpc) is 3.26. The normalized spacial score (nSPS) is 13.5. The van der Waals surface area contributed by atoms with Crippen molar-refractivity contribution >= 4 is 85.8 Å². The molecule has 3 aromatic rings. The van der Waals surface area contributed by atoms with Gasteiger partial charge in [-0.05, 0) is 48.0 Å². The monoisotopic (exact) mass is 587 g/mol. The molecule has 1 aliphatic heterocycles.